The summed E-state index contributed by atoms with van der Waals surface area (Å²) in [4.78, 5) is 0. The average Bonchev–Trinajstić information content (AvgIpc) is 2.45. The summed E-state index contributed by atoms with van der Waals surface area (Å²) in [5.41, 5.74) is 0. The molecule has 0 fully saturated rings. The summed E-state index contributed by atoms with van der Waals surface area (Å²) in [6.45, 7) is 27.0. The normalized spacial score (nSPS) is 1.12. The quantitative estimate of drug-likeness (QED) is 0.198. The monoisotopic (exact) mass is 344 g/mol. The Morgan fingerprint density at radius 1 is 0.375 bits per heavy atom. The maximum Gasteiger partial charge on any atom is 0 e. The van der Waals surface area contributed by atoms with Gasteiger partial charge < -0.3 is 23.3 Å². The predicted molar refractivity (Wildman–Crippen MR) is 38.3 cm³/mol. The predicted octanol–water partition coefficient (Wildman–Crippen LogP) is -0.235. The van der Waals surface area contributed by atoms with Crippen LogP contribution in [0.5, 0.6) is 0 Å². The van der Waals surface area contributed by atoms with Gasteiger partial charge in [-0.1, -0.05) is 0 Å². The van der Waals surface area contributed by atoms with Crippen LogP contribution in [0.4, 0.5) is 0 Å². The van der Waals surface area contributed by atoms with E-state index in [1.165, 1.54) is 0 Å². The first-order chi connectivity index (χ1) is 7.00. The minimum atomic E-state index is 0. The minimum Gasteiger partial charge on any atom is -1.00 e. The van der Waals surface area contributed by atoms with E-state index in [0.29, 0.717) is 0 Å². The molecule has 0 aliphatic rings. The van der Waals surface area contributed by atoms with Crippen molar-refractivity contribution in [3.05, 3.63) is 39.9 Å². The Labute approximate surface area is 125 Å². The summed E-state index contributed by atoms with van der Waals surface area (Å²) in [6.07, 6.45) is 0. The Morgan fingerprint density at radius 2 is 0.375 bits per heavy atom. The SMILES string of the molecule is [C-]#[O+].[C-]#[O+].[C-]#[O+].[C-]#[O+].[C-]#[O+].[C-]#[O+].[Fe].[Fe].[S-][S-]. The van der Waals surface area contributed by atoms with Crippen LogP contribution in [0.15, 0.2) is 0 Å². The average molecular weight is 344 g/mol. The van der Waals surface area contributed by atoms with Gasteiger partial charge in [-0.15, -0.1) is 0 Å². The summed E-state index contributed by atoms with van der Waals surface area (Å²) in [6, 6.07) is 0. The Kier molecular flexibility index (Phi) is 431000. The van der Waals surface area contributed by atoms with Gasteiger partial charge in [-0.05, 0) is 0 Å². The first-order valence-corrected chi connectivity index (χ1v) is 2.72. The molecule has 0 aromatic rings. The second-order valence-electron chi connectivity index (χ2n) is 0. The van der Waals surface area contributed by atoms with Crippen molar-refractivity contribution in [3.63, 3.8) is 0 Å². The van der Waals surface area contributed by atoms with Gasteiger partial charge in [0.25, 0.3) is 0 Å². The maximum atomic E-state index is 7.50. The molecule has 0 saturated heterocycles. The van der Waals surface area contributed by atoms with Crippen molar-refractivity contribution in [2.24, 2.45) is 0 Å². The molecule has 0 aromatic heterocycles. The molecule has 0 bridgehead atoms. The second-order valence-corrected chi connectivity index (χ2v) is 0. The van der Waals surface area contributed by atoms with Gasteiger partial charge in [-0.25, -0.2) is 0 Å². The Bertz CT molecular complexity index is 104. The first kappa shape index (κ1) is 72.3. The molecule has 10 heteroatoms. The van der Waals surface area contributed by atoms with Crippen LogP contribution in [0.2, 0.25) is 0 Å². The summed E-state index contributed by atoms with van der Waals surface area (Å²) in [7, 11) is 0. The van der Waals surface area contributed by atoms with Gasteiger partial charge in [-0.2, -0.15) is 0 Å². The van der Waals surface area contributed by atoms with Crippen molar-refractivity contribution in [1.29, 1.82) is 0 Å². The molecule has 0 heterocycles. The van der Waals surface area contributed by atoms with Gasteiger partial charge in [0.2, 0.25) is 0 Å². The summed E-state index contributed by atoms with van der Waals surface area (Å²) in [5.74, 6) is 0. The van der Waals surface area contributed by atoms with Gasteiger partial charge in [0.15, 0.2) is 0 Å². The van der Waals surface area contributed by atoms with E-state index in [9.17, 15) is 0 Å². The fourth-order valence-electron chi connectivity index (χ4n) is 0. The second kappa shape index (κ2) is 95300. The molecule has 0 aliphatic heterocycles. The van der Waals surface area contributed by atoms with E-state index >= 15 is 0 Å². The molecule has 0 rings (SSSR count). The molecule has 6 nitrogen and oxygen atoms in total. The van der Waals surface area contributed by atoms with Crippen LogP contribution in [-0.4, -0.2) is 0 Å². The van der Waals surface area contributed by atoms with Crippen molar-refractivity contribution in [2.45, 2.75) is 0 Å². The van der Waals surface area contributed by atoms with Crippen LogP contribution in [-0.2, 0) is 85.4 Å². The van der Waals surface area contributed by atoms with Crippen molar-refractivity contribution in [3.8, 4) is 0 Å². The van der Waals surface area contributed by atoms with Gasteiger partial charge >= 0.3 is 67.8 Å². The topological polar surface area (TPSA) is 119 Å². The van der Waals surface area contributed by atoms with Crippen LogP contribution >= 0.6 is 0 Å². The Hall–Kier alpha value is 0.179. The largest absolute Gasteiger partial charge is 1.00 e. The molecule has 0 aliphatic carbocycles. The molecule has 16 heavy (non-hydrogen) atoms. The fourth-order valence-corrected chi connectivity index (χ4v) is 0. The molecular weight excluding hydrogens is 344 g/mol. The van der Waals surface area contributed by atoms with Crippen molar-refractivity contribution in [2.75, 3.05) is 0 Å². The van der Waals surface area contributed by atoms with E-state index in [1.807, 2.05) is 0 Å². The molecule has 0 atom stereocenters. The number of hydrogen-bond donors (Lipinski definition) is 0. The first-order valence-electron chi connectivity index (χ1n) is 1.39. The van der Waals surface area contributed by atoms with E-state index in [2.05, 4.69) is 63.2 Å². The van der Waals surface area contributed by atoms with Gasteiger partial charge in [0.1, 0.15) is 0 Å². The van der Waals surface area contributed by atoms with Crippen LogP contribution in [0, 0.1) is 39.9 Å². The van der Waals surface area contributed by atoms with Crippen LogP contribution in [0.3, 0.4) is 0 Å². The number of hydrogen-bond acceptors (Lipinski definition) is 2. The molecule has 0 amide bonds. The molecule has 0 saturated carbocycles. The maximum absolute atomic E-state index is 7.50. The van der Waals surface area contributed by atoms with Crippen molar-refractivity contribution < 1.29 is 62.1 Å². The van der Waals surface area contributed by atoms with E-state index in [0.717, 1.165) is 0 Å². The number of rotatable bonds is 0. The molecule has 90 valence electrons. The standard InChI is InChI=1S/6CO.2Fe.S2/c6*1-2;;;1-2/q;;;;;;;;-2. The Balaban J connectivity index is -0.00000000500. The fraction of sp³-hybridized carbons (Fsp3) is 0. The summed E-state index contributed by atoms with van der Waals surface area (Å²) >= 11 is 7.33. The zero-order chi connectivity index (χ0) is 14.0. The molecule has 0 aromatic carbocycles. The molecule has 0 spiro atoms. The molecular formula is C6Fe2O6S2-2. The third-order valence-electron chi connectivity index (χ3n) is 0. The van der Waals surface area contributed by atoms with Crippen LogP contribution in [0.1, 0.15) is 0 Å². The smallest absolute Gasteiger partial charge is 0 e. The van der Waals surface area contributed by atoms with Crippen molar-refractivity contribution in [1.82, 2.24) is 0 Å². The van der Waals surface area contributed by atoms with Gasteiger partial charge in [0.05, 0.1) is 0 Å². The van der Waals surface area contributed by atoms with Gasteiger partial charge in [0, 0.05) is 34.1 Å². The zero-order valence-electron chi connectivity index (χ0n) is 6.97. The van der Waals surface area contributed by atoms with Gasteiger partial charge in [-0.3, -0.25) is 0 Å². The minimum absolute atomic E-state index is 0. The molecule has 0 N–H and O–H groups in total. The summed E-state index contributed by atoms with van der Waals surface area (Å²) in [5, 5.41) is 0. The van der Waals surface area contributed by atoms with Crippen molar-refractivity contribution >= 4 is 23.3 Å². The van der Waals surface area contributed by atoms with E-state index < -0.39 is 0 Å². The van der Waals surface area contributed by atoms with Crippen LogP contribution < -0.4 is 0 Å². The van der Waals surface area contributed by atoms with Crippen LogP contribution in [0.25, 0.3) is 0 Å². The third kappa shape index (κ3) is 76900. The third-order valence-corrected chi connectivity index (χ3v) is 0. The van der Waals surface area contributed by atoms with E-state index in [-0.39, 0.29) is 34.1 Å². The van der Waals surface area contributed by atoms with E-state index in [4.69, 9.17) is 27.9 Å². The summed E-state index contributed by atoms with van der Waals surface area (Å²) < 4.78 is 45.0. The Morgan fingerprint density at radius 3 is 0.375 bits per heavy atom. The van der Waals surface area contributed by atoms with E-state index in [1.54, 1.807) is 0 Å². The molecule has 0 unspecified atom stereocenters. The molecule has 0 radical (unpaired) electrons. The zero-order valence-corrected chi connectivity index (χ0v) is 10.8.